The van der Waals surface area contributed by atoms with Crippen LogP contribution in [0.1, 0.15) is 36.5 Å². The summed E-state index contributed by atoms with van der Waals surface area (Å²) in [5, 5.41) is 5.90. The van der Waals surface area contributed by atoms with E-state index in [-0.39, 0.29) is 19.4 Å². The minimum absolute atomic E-state index is 0.0302. The third-order valence-corrected chi connectivity index (χ3v) is 8.03. The van der Waals surface area contributed by atoms with Crippen LogP contribution in [-0.4, -0.2) is 59.8 Å². The Labute approximate surface area is 221 Å². The molecule has 2 heterocycles. The van der Waals surface area contributed by atoms with Crippen LogP contribution in [0, 0.1) is 12.3 Å². The number of anilines is 3. The molecule has 10 heteroatoms. The van der Waals surface area contributed by atoms with Gasteiger partial charge in [0.25, 0.3) is 0 Å². The Balaban J connectivity index is 1.36. The van der Waals surface area contributed by atoms with E-state index >= 15 is 0 Å². The molecular formula is C28H35F3N6O. The summed E-state index contributed by atoms with van der Waals surface area (Å²) in [4.78, 5) is 21.9. The second-order valence-electron chi connectivity index (χ2n) is 10.6. The Morgan fingerprint density at radius 2 is 1.79 bits per heavy atom. The van der Waals surface area contributed by atoms with Gasteiger partial charge < -0.3 is 25.0 Å². The van der Waals surface area contributed by atoms with E-state index in [1.54, 1.807) is 0 Å². The second kappa shape index (κ2) is 9.80. The highest BCUT2D eigenvalue weighted by Gasteiger charge is 2.68. The third-order valence-electron chi connectivity index (χ3n) is 8.03. The number of imidazole rings is 1. The van der Waals surface area contributed by atoms with Crippen LogP contribution < -0.4 is 15.5 Å². The number of nitrogens with one attached hydrogen (secondary N) is 2. The number of carbonyl (C=O) groups is 1. The summed E-state index contributed by atoms with van der Waals surface area (Å²) in [7, 11) is 4.13. The number of halogens is 3. The number of nitrogens with zero attached hydrogens (tertiary/aromatic N) is 4. The topological polar surface area (TPSA) is 65.4 Å². The Kier molecular flexibility index (Phi) is 6.79. The minimum Gasteiger partial charge on any atom is -0.369 e. The van der Waals surface area contributed by atoms with E-state index in [0.717, 1.165) is 54.9 Å². The maximum Gasteiger partial charge on any atom is 0.403 e. The van der Waals surface area contributed by atoms with Gasteiger partial charge in [-0.05, 0) is 68.1 Å². The molecule has 2 aromatic carbocycles. The quantitative estimate of drug-likeness (QED) is 0.457. The van der Waals surface area contributed by atoms with Gasteiger partial charge >= 0.3 is 6.18 Å². The molecule has 0 radical (unpaired) electrons. The Morgan fingerprint density at radius 1 is 1.08 bits per heavy atom. The highest BCUT2D eigenvalue weighted by atomic mass is 19.4. The van der Waals surface area contributed by atoms with Crippen molar-refractivity contribution in [2.24, 2.45) is 12.5 Å². The predicted molar refractivity (Wildman–Crippen MR) is 144 cm³/mol. The first-order valence-electron chi connectivity index (χ1n) is 13.2. The van der Waals surface area contributed by atoms with Crippen molar-refractivity contribution in [2.45, 2.75) is 45.8 Å². The van der Waals surface area contributed by atoms with Crippen molar-refractivity contribution in [1.82, 2.24) is 19.8 Å². The van der Waals surface area contributed by atoms with Gasteiger partial charge in [0.15, 0.2) is 0 Å². The van der Waals surface area contributed by atoms with Gasteiger partial charge in [0, 0.05) is 51.1 Å². The molecule has 0 spiro atoms. The molecule has 1 aliphatic carbocycles. The van der Waals surface area contributed by atoms with Gasteiger partial charge in [0.1, 0.15) is 5.41 Å². The molecular weight excluding hydrogens is 493 g/mol. The Bertz CT molecular complexity index is 1350. The number of aromatic nitrogens is 2. The zero-order valence-electron chi connectivity index (χ0n) is 22.4. The molecule has 1 amide bonds. The summed E-state index contributed by atoms with van der Waals surface area (Å²) in [5.41, 5.74) is 4.72. The summed E-state index contributed by atoms with van der Waals surface area (Å²) in [6, 6.07) is 9.96. The van der Waals surface area contributed by atoms with Gasteiger partial charge in [-0.1, -0.05) is 19.1 Å². The van der Waals surface area contributed by atoms with E-state index in [2.05, 4.69) is 46.5 Å². The highest BCUT2D eigenvalue weighted by molar-refractivity contribution is 5.86. The van der Waals surface area contributed by atoms with Crippen LogP contribution in [0.15, 0.2) is 30.3 Å². The fraction of sp³-hybridized carbons (Fsp3) is 0.500. The van der Waals surface area contributed by atoms with Crippen molar-refractivity contribution >= 4 is 34.3 Å². The standard InChI is InChI=1S/C28H35F3N6O/c1-5-20-15-22-24(16-23(20)37-12-10-35(3)11-13-37)36(4)26(34-22)33-21-14-19(7-6-18(21)2)17-32-25(38)27(8-9-27)28(29,30)31/h6-7,14-16H,5,8-13,17H2,1-4H3,(H,32,38)(H,33,34). The Morgan fingerprint density at radius 3 is 2.42 bits per heavy atom. The molecule has 7 nitrogen and oxygen atoms in total. The molecule has 0 unspecified atom stereocenters. The van der Waals surface area contributed by atoms with Crippen LogP contribution in [0.25, 0.3) is 11.0 Å². The first kappa shape index (κ1) is 26.3. The molecule has 0 bridgehead atoms. The van der Waals surface area contributed by atoms with Crippen LogP contribution >= 0.6 is 0 Å². The molecule has 2 N–H and O–H groups in total. The molecule has 5 rings (SSSR count). The minimum atomic E-state index is -4.51. The molecule has 3 aromatic rings. The lowest BCUT2D eigenvalue weighted by molar-refractivity contribution is -0.192. The number of likely N-dealkylation sites (N-methyl/N-ethyl adjacent to an activating group) is 1. The van der Waals surface area contributed by atoms with Gasteiger partial charge in [-0.25, -0.2) is 4.98 Å². The van der Waals surface area contributed by atoms with Crippen LogP contribution in [0.2, 0.25) is 0 Å². The number of benzene rings is 2. The fourth-order valence-corrected chi connectivity index (χ4v) is 5.16. The number of amides is 1. The molecule has 1 aromatic heterocycles. The fourth-order valence-electron chi connectivity index (χ4n) is 5.16. The molecule has 0 atom stereocenters. The molecule has 2 aliphatic rings. The van der Waals surface area contributed by atoms with E-state index < -0.39 is 17.5 Å². The molecule has 2 fully saturated rings. The molecule has 204 valence electrons. The zero-order chi connectivity index (χ0) is 27.2. The van der Waals surface area contributed by atoms with E-state index in [1.165, 1.54) is 11.3 Å². The summed E-state index contributed by atoms with van der Waals surface area (Å²) >= 11 is 0. The first-order chi connectivity index (χ1) is 18.0. The van der Waals surface area contributed by atoms with E-state index in [0.29, 0.717) is 11.5 Å². The summed E-state index contributed by atoms with van der Waals surface area (Å²) in [6.45, 7) is 8.20. The monoisotopic (exact) mass is 528 g/mol. The van der Waals surface area contributed by atoms with E-state index in [4.69, 9.17) is 4.98 Å². The van der Waals surface area contributed by atoms with Crippen molar-refractivity contribution in [3.63, 3.8) is 0 Å². The van der Waals surface area contributed by atoms with Crippen molar-refractivity contribution in [2.75, 3.05) is 43.4 Å². The van der Waals surface area contributed by atoms with Gasteiger partial charge in [0.2, 0.25) is 11.9 Å². The number of carbonyl (C=O) groups excluding carboxylic acids is 1. The van der Waals surface area contributed by atoms with Crippen molar-refractivity contribution < 1.29 is 18.0 Å². The lowest BCUT2D eigenvalue weighted by atomic mass is 10.1. The van der Waals surface area contributed by atoms with Crippen molar-refractivity contribution in [3.05, 3.63) is 47.0 Å². The largest absolute Gasteiger partial charge is 0.403 e. The maximum atomic E-state index is 13.3. The zero-order valence-corrected chi connectivity index (χ0v) is 22.4. The van der Waals surface area contributed by atoms with Crippen LogP contribution in [0.5, 0.6) is 0 Å². The second-order valence-corrected chi connectivity index (χ2v) is 10.6. The molecule has 1 saturated carbocycles. The smallest absolute Gasteiger partial charge is 0.369 e. The van der Waals surface area contributed by atoms with Gasteiger partial charge in [-0.15, -0.1) is 0 Å². The predicted octanol–water partition coefficient (Wildman–Crippen LogP) is 4.90. The number of hydrogen-bond donors (Lipinski definition) is 2. The first-order valence-corrected chi connectivity index (χ1v) is 13.2. The molecule has 1 saturated heterocycles. The highest BCUT2D eigenvalue weighted by Crippen LogP contribution is 2.57. The van der Waals surface area contributed by atoms with Gasteiger partial charge in [-0.3, -0.25) is 4.79 Å². The Hall–Kier alpha value is -3.27. The number of aryl methyl sites for hydroxylation is 3. The summed E-state index contributed by atoms with van der Waals surface area (Å²) < 4.78 is 41.8. The van der Waals surface area contributed by atoms with Crippen molar-refractivity contribution in [3.8, 4) is 0 Å². The van der Waals surface area contributed by atoms with Gasteiger partial charge in [0.05, 0.1) is 11.0 Å². The lowest BCUT2D eigenvalue weighted by Gasteiger charge is -2.35. The lowest BCUT2D eigenvalue weighted by Crippen LogP contribution is -2.44. The summed E-state index contributed by atoms with van der Waals surface area (Å²) in [5.74, 6) is -0.269. The molecule has 38 heavy (non-hydrogen) atoms. The van der Waals surface area contributed by atoms with Crippen molar-refractivity contribution in [1.29, 1.82) is 0 Å². The molecule has 1 aliphatic heterocycles. The van der Waals surface area contributed by atoms with Crippen LogP contribution in [0.4, 0.5) is 30.5 Å². The van der Waals surface area contributed by atoms with E-state index in [9.17, 15) is 18.0 Å². The SMILES string of the molecule is CCc1cc2nc(Nc3cc(CNC(=O)C4(C(F)(F)F)CC4)ccc3C)n(C)c2cc1N1CCN(C)CC1. The number of piperazine rings is 1. The maximum absolute atomic E-state index is 13.3. The normalized spacial score (nSPS) is 17.6. The van der Waals surface area contributed by atoms with E-state index in [1.807, 2.05) is 36.7 Å². The average Bonchev–Trinajstić information content (AvgIpc) is 3.66. The number of rotatable bonds is 7. The van der Waals surface area contributed by atoms with Crippen LogP contribution in [0.3, 0.4) is 0 Å². The summed E-state index contributed by atoms with van der Waals surface area (Å²) in [6.07, 6.45) is -3.89. The number of alkyl halides is 3. The number of fused-ring (bicyclic) bond motifs is 1. The third kappa shape index (κ3) is 4.81. The van der Waals surface area contributed by atoms with Crippen LogP contribution in [-0.2, 0) is 24.8 Å². The average molecular weight is 529 g/mol. The number of hydrogen-bond acceptors (Lipinski definition) is 5. The van der Waals surface area contributed by atoms with Gasteiger partial charge in [-0.2, -0.15) is 13.2 Å².